The molecule has 20 heavy (non-hydrogen) atoms. The molecule has 0 aliphatic heterocycles. The van der Waals surface area contributed by atoms with Crippen molar-refractivity contribution in [3.63, 3.8) is 0 Å². The summed E-state index contributed by atoms with van der Waals surface area (Å²) in [6, 6.07) is 0. The molecule has 0 aromatic carbocycles. The monoisotopic (exact) mass is 298 g/mol. The van der Waals surface area contributed by atoms with E-state index in [4.69, 9.17) is 5.11 Å². The second-order valence-electron chi connectivity index (χ2n) is 3.98. The molecule has 0 aliphatic rings. The van der Waals surface area contributed by atoms with E-state index < -0.39 is 5.97 Å². The summed E-state index contributed by atoms with van der Waals surface area (Å²) in [5.41, 5.74) is -0.305. The highest BCUT2D eigenvalue weighted by Crippen LogP contribution is 2.13. The highest BCUT2D eigenvalue weighted by atomic mass is 32.2. The number of aryl methyl sites for hydroxylation is 1. The number of nitrogens with one attached hydrogen (secondary N) is 1. The number of carboxylic acids is 1. The summed E-state index contributed by atoms with van der Waals surface area (Å²) in [5, 5.41) is 22.9. The van der Waals surface area contributed by atoms with E-state index in [1.54, 1.807) is 4.57 Å². The van der Waals surface area contributed by atoms with Gasteiger partial charge in [0.05, 0.1) is 12.7 Å². The van der Waals surface area contributed by atoms with E-state index in [2.05, 4.69) is 20.5 Å². The third-order valence-electron chi connectivity index (χ3n) is 2.48. The van der Waals surface area contributed by atoms with Crippen molar-refractivity contribution in [1.29, 1.82) is 0 Å². The van der Waals surface area contributed by atoms with E-state index in [1.807, 2.05) is 6.92 Å². The molecule has 9 nitrogen and oxygen atoms in total. The smallest absolute Gasteiger partial charge is 0.358 e. The maximum atomic E-state index is 11.5. The van der Waals surface area contributed by atoms with Crippen LogP contribution in [-0.2, 0) is 13.1 Å². The highest BCUT2D eigenvalue weighted by Gasteiger charge is 2.10. The molecule has 108 valence electrons. The largest absolute Gasteiger partial charge is 0.476 e. The Morgan fingerprint density at radius 2 is 2.30 bits per heavy atom. The van der Waals surface area contributed by atoms with Gasteiger partial charge in [0.1, 0.15) is 0 Å². The second kappa shape index (κ2) is 6.37. The molecule has 2 aromatic rings. The first-order chi connectivity index (χ1) is 9.61. The standard InChI is InChI=1S/C10H14N6O3S/c1-2-3-16-9(19)12-13-10(16)20-5-4-15-6-7(8(17)18)11-14-15/h6H,2-5H2,1H3,(H,12,19)(H,17,18). The van der Waals surface area contributed by atoms with Gasteiger partial charge in [0.2, 0.25) is 0 Å². The van der Waals surface area contributed by atoms with Gasteiger partial charge in [0, 0.05) is 12.3 Å². The molecule has 2 aromatic heterocycles. The summed E-state index contributed by atoms with van der Waals surface area (Å²) in [6.07, 6.45) is 2.21. The predicted octanol–water partition coefficient (Wildman–Crippen LogP) is 0.0634. The lowest BCUT2D eigenvalue weighted by molar-refractivity contribution is 0.0690. The van der Waals surface area contributed by atoms with Gasteiger partial charge in [-0.05, 0) is 6.42 Å². The summed E-state index contributed by atoms with van der Waals surface area (Å²) in [5.74, 6) is -0.496. The average Bonchev–Trinajstić information content (AvgIpc) is 3.00. The molecular weight excluding hydrogens is 284 g/mol. The summed E-state index contributed by atoms with van der Waals surface area (Å²) >= 11 is 1.40. The topological polar surface area (TPSA) is 119 Å². The molecule has 10 heteroatoms. The molecule has 2 heterocycles. The Morgan fingerprint density at radius 3 is 2.95 bits per heavy atom. The Kier molecular flexibility index (Phi) is 4.56. The van der Waals surface area contributed by atoms with Gasteiger partial charge >= 0.3 is 11.7 Å². The maximum Gasteiger partial charge on any atom is 0.358 e. The van der Waals surface area contributed by atoms with Gasteiger partial charge in [-0.25, -0.2) is 14.7 Å². The third-order valence-corrected chi connectivity index (χ3v) is 3.44. The van der Waals surface area contributed by atoms with Crippen molar-refractivity contribution in [3.05, 3.63) is 22.4 Å². The summed E-state index contributed by atoms with van der Waals surface area (Å²) in [6.45, 7) is 3.08. The Balaban J connectivity index is 1.92. The SMILES string of the molecule is CCCn1c(SCCn2cc(C(=O)O)nn2)n[nH]c1=O. The lowest BCUT2D eigenvalue weighted by Crippen LogP contribution is -2.17. The van der Waals surface area contributed by atoms with Gasteiger partial charge < -0.3 is 5.11 Å². The Morgan fingerprint density at radius 1 is 1.50 bits per heavy atom. The van der Waals surface area contributed by atoms with E-state index in [9.17, 15) is 9.59 Å². The molecule has 2 N–H and O–H groups in total. The number of thioether (sulfide) groups is 1. The van der Waals surface area contributed by atoms with Gasteiger partial charge in [-0.1, -0.05) is 23.9 Å². The molecule has 0 aliphatic carbocycles. The Bertz CT molecular complexity index is 645. The van der Waals surface area contributed by atoms with E-state index in [0.29, 0.717) is 24.0 Å². The van der Waals surface area contributed by atoms with Crippen molar-refractivity contribution in [2.24, 2.45) is 0 Å². The Hall–Kier alpha value is -2.10. The van der Waals surface area contributed by atoms with Crippen molar-refractivity contribution in [1.82, 2.24) is 29.8 Å². The fraction of sp³-hybridized carbons (Fsp3) is 0.500. The third kappa shape index (κ3) is 3.26. The van der Waals surface area contributed by atoms with Gasteiger partial charge in [-0.2, -0.15) is 0 Å². The molecule has 0 atom stereocenters. The lowest BCUT2D eigenvalue weighted by atomic mass is 10.5. The average molecular weight is 298 g/mol. The predicted molar refractivity (Wildman–Crippen MR) is 70.8 cm³/mol. The fourth-order valence-electron chi connectivity index (χ4n) is 1.57. The second-order valence-corrected chi connectivity index (χ2v) is 5.05. The Labute approximate surface area is 118 Å². The minimum atomic E-state index is -1.10. The van der Waals surface area contributed by atoms with Crippen LogP contribution in [0.3, 0.4) is 0 Å². The first-order valence-electron chi connectivity index (χ1n) is 6.03. The fourth-order valence-corrected chi connectivity index (χ4v) is 2.47. The van der Waals surface area contributed by atoms with Gasteiger partial charge in [-0.15, -0.1) is 10.2 Å². The van der Waals surface area contributed by atoms with Gasteiger partial charge in [0.15, 0.2) is 10.9 Å². The number of nitrogens with zero attached hydrogens (tertiary/aromatic N) is 5. The zero-order valence-electron chi connectivity index (χ0n) is 10.8. The number of hydrogen-bond donors (Lipinski definition) is 2. The van der Waals surface area contributed by atoms with Crippen LogP contribution < -0.4 is 5.69 Å². The number of carbonyl (C=O) groups is 1. The van der Waals surface area contributed by atoms with Crippen molar-refractivity contribution < 1.29 is 9.90 Å². The summed E-state index contributed by atoms with van der Waals surface area (Å²) < 4.78 is 3.03. The number of rotatable bonds is 7. The van der Waals surface area contributed by atoms with Crippen LogP contribution >= 0.6 is 11.8 Å². The minimum absolute atomic E-state index is 0.0855. The molecule has 0 saturated carbocycles. The molecule has 0 amide bonds. The van der Waals surface area contributed by atoms with Crippen molar-refractivity contribution in [2.45, 2.75) is 31.6 Å². The summed E-state index contributed by atoms with van der Waals surface area (Å²) in [4.78, 5) is 22.1. The summed E-state index contributed by atoms with van der Waals surface area (Å²) in [7, 11) is 0. The van der Waals surface area contributed by atoms with Crippen LogP contribution in [0.4, 0.5) is 0 Å². The molecular formula is C10H14N6O3S. The normalized spacial score (nSPS) is 10.8. The van der Waals surface area contributed by atoms with Crippen molar-refractivity contribution in [3.8, 4) is 0 Å². The highest BCUT2D eigenvalue weighted by molar-refractivity contribution is 7.99. The van der Waals surface area contributed by atoms with Crippen LogP contribution in [-0.4, -0.2) is 46.6 Å². The van der Waals surface area contributed by atoms with Crippen LogP contribution in [0.25, 0.3) is 0 Å². The molecule has 2 rings (SSSR count). The first kappa shape index (κ1) is 14.3. The number of hydrogen-bond acceptors (Lipinski definition) is 6. The first-order valence-corrected chi connectivity index (χ1v) is 7.01. The number of carboxylic acid groups (broad SMARTS) is 1. The number of aromatic amines is 1. The van der Waals surface area contributed by atoms with E-state index >= 15 is 0 Å². The van der Waals surface area contributed by atoms with Crippen LogP contribution in [0.15, 0.2) is 16.1 Å². The van der Waals surface area contributed by atoms with E-state index in [-0.39, 0.29) is 11.4 Å². The number of H-pyrrole nitrogens is 1. The van der Waals surface area contributed by atoms with E-state index in [0.717, 1.165) is 6.42 Å². The molecule has 0 saturated heterocycles. The lowest BCUT2D eigenvalue weighted by Gasteiger charge is -2.03. The zero-order chi connectivity index (χ0) is 14.5. The van der Waals surface area contributed by atoms with Gasteiger partial charge in [0.25, 0.3) is 0 Å². The minimum Gasteiger partial charge on any atom is -0.476 e. The maximum absolute atomic E-state index is 11.5. The van der Waals surface area contributed by atoms with Gasteiger partial charge in [-0.3, -0.25) is 9.25 Å². The van der Waals surface area contributed by atoms with E-state index in [1.165, 1.54) is 22.6 Å². The molecule has 0 unspecified atom stereocenters. The quantitative estimate of drug-likeness (QED) is 0.694. The number of aromatic carboxylic acids is 1. The molecule has 0 radical (unpaired) electrons. The van der Waals surface area contributed by atoms with Crippen LogP contribution in [0.1, 0.15) is 23.8 Å². The zero-order valence-corrected chi connectivity index (χ0v) is 11.6. The van der Waals surface area contributed by atoms with Crippen LogP contribution in [0.2, 0.25) is 0 Å². The van der Waals surface area contributed by atoms with Crippen molar-refractivity contribution in [2.75, 3.05) is 5.75 Å². The van der Waals surface area contributed by atoms with Crippen LogP contribution in [0.5, 0.6) is 0 Å². The molecule has 0 fully saturated rings. The molecule has 0 bridgehead atoms. The van der Waals surface area contributed by atoms with Crippen molar-refractivity contribution >= 4 is 17.7 Å². The van der Waals surface area contributed by atoms with Crippen LogP contribution in [0, 0.1) is 0 Å². The molecule has 0 spiro atoms. The number of aromatic nitrogens is 6.